The largest absolute Gasteiger partial charge is 0.391 e. The predicted molar refractivity (Wildman–Crippen MR) is 72.6 cm³/mol. The monoisotopic (exact) mass is 296 g/mol. The first kappa shape index (κ1) is 14.4. The van der Waals surface area contributed by atoms with E-state index in [1.165, 1.54) is 12.1 Å². The summed E-state index contributed by atoms with van der Waals surface area (Å²) in [5, 5.41) is 15.5. The first-order valence-corrected chi connectivity index (χ1v) is 7.17. The highest BCUT2D eigenvalue weighted by Gasteiger charge is 2.45. The number of aliphatic hydroxyl groups is 1. The van der Waals surface area contributed by atoms with Crippen LogP contribution in [0.25, 0.3) is 0 Å². The minimum atomic E-state index is -0.611. The second-order valence-corrected chi connectivity index (χ2v) is 5.85. The molecule has 1 heterocycles. The van der Waals surface area contributed by atoms with Crippen molar-refractivity contribution >= 4 is 5.91 Å². The normalized spacial score (nSPS) is 31.2. The molecule has 114 valence electrons. The smallest absolute Gasteiger partial charge is 0.223 e. The topological polar surface area (TPSA) is 61.4 Å². The molecule has 4 unspecified atom stereocenters. The van der Waals surface area contributed by atoms with E-state index in [0.29, 0.717) is 31.6 Å². The van der Waals surface area contributed by atoms with Gasteiger partial charge in [-0.2, -0.15) is 0 Å². The Bertz CT molecular complexity index is 552. The number of β-amino-alcohol motifs (C(OH)–C–C–N with tert-alkyl or cyclic N) is 1. The Kier molecular flexibility index (Phi) is 3.91. The summed E-state index contributed by atoms with van der Waals surface area (Å²) < 4.78 is 26.5. The van der Waals surface area contributed by atoms with Crippen LogP contribution in [0.5, 0.6) is 0 Å². The number of nitrogens with one attached hydrogen (secondary N) is 2. The highest BCUT2D eigenvalue weighted by molar-refractivity contribution is 5.82. The molecule has 1 amide bonds. The van der Waals surface area contributed by atoms with E-state index < -0.39 is 17.7 Å². The number of halogens is 2. The molecular formula is C15H18F2N2O2. The SMILES string of the molecule is O=C(NCC1CNCC1O)C1CC1c1ccc(F)cc1F. The second kappa shape index (κ2) is 5.69. The van der Waals surface area contributed by atoms with Crippen LogP contribution in [0.15, 0.2) is 18.2 Å². The van der Waals surface area contributed by atoms with Crippen LogP contribution < -0.4 is 10.6 Å². The van der Waals surface area contributed by atoms with Gasteiger partial charge in [0.25, 0.3) is 0 Å². The molecule has 1 saturated heterocycles. The highest BCUT2D eigenvalue weighted by Crippen LogP contribution is 2.48. The second-order valence-electron chi connectivity index (χ2n) is 5.85. The fourth-order valence-electron chi connectivity index (χ4n) is 2.92. The highest BCUT2D eigenvalue weighted by atomic mass is 19.1. The maximum atomic E-state index is 13.6. The number of carbonyl (C=O) groups excluding carboxylic acids is 1. The number of benzene rings is 1. The number of amides is 1. The molecule has 1 aliphatic heterocycles. The van der Waals surface area contributed by atoms with Gasteiger partial charge >= 0.3 is 0 Å². The van der Waals surface area contributed by atoms with Crippen molar-refractivity contribution in [2.45, 2.75) is 18.4 Å². The summed E-state index contributed by atoms with van der Waals surface area (Å²) in [6.45, 7) is 1.65. The molecule has 0 radical (unpaired) electrons. The zero-order valence-electron chi connectivity index (χ0n) is 11.5. The summed E-state index contributed by atoms with van der Waals surface area (Å²) >= 11 is 0. The third kappa shape index (κ3) is 3.06. The fourth-order valence-corrected chi connectivity index (χ4v) is 2.92. The van der Waals surface area contributed by atoms with Gasteiger partial charge in [-0.1, -0.05) is 6.07 Å². The predicted octanol–water partition coefficient (Wildman–Crippen LogP) is 0.765. The maximum absolute atomic E-state index is 13.6. The third-order valence-electron chi connectivity index (χ3n) is 4.33. The van der Waals surface area contributed by atoms with E-state index in [1.54, 1.807) is 0 Å². The molecule has 4 atom stereocenters. The number of rotatable bonds is 4. The molecule has 1 aromatic rings. The van der Waals surface area contributed by atoms with E-state index >= 15 is 0 Å². The molecule has 0 aromatic heterocycles. The number of hydrogen-bond acceptors (Lipinski definition) is 3. The van der Waals surface area contributed by atoms with E-state index in [2.05, 4.69) is 10.6 Å². The van der Waals surface area contributed by atoms with Crippen LogP contribution in [-0.2, 0) is 4.79 Å². The number of carbonyl (C=O) groups is 1. The number of hydrogen-bond donors (Lipinski definition) is 3. The van der Waals surface area contributed by atoms with Crippen molar-refractivity contribution in [2.75, 3.05) is 19.6 Å². The van der Waals surface area contributed by atoms with Crippen LogP contribution in [0.3, 0.4) is 0 Å². The zero-order chi connectivity index (χ0) is 15.0. The summed E-state index contributed by atoms with van der Waals surface area (Å²) in [7, 11) is 0. The van der Waals surface area contributed by atoms with E-state index in [0.717, 1.165) is 6.07 Å². The Morgan fingerprint density at radius 3 is 2.86 bits per heavy atom. The van der Waals surface area contributed by atoms with Crippen LogP contribution >= 0.6 is 0 Å². The summed E-state index contributed by atoms with van der Waals surface area (Å²) in [6.07, 6.45) is 0.148. The molecule has 0 bridgehead atoms. The van der Waals surface area contributed by atoms with E-state index in [9.17, 15) is 18.7 Å². The summed E-state index contributed by atoms with van der Waals surface area (Å²) in [5.74, 6) is -1.73. The summed E-state index contributed by atoms with van der Waals surface area (Å²) in [5.41, 5.74) is 0.402. The van der Waals surface area contributed by atoms with Crippen LogP contribution in [0, 0.1) is 23.5 Å². The van der Waals surface area contributed by atoms with Gasteiger partial charge in [-0.3, -0.25) is 4.79 Å². The molecule has 4 nitrogen and oxygen atoms in total. The zero-order valence-corrected chi connectivity index (χ0v) is 11.5. The quantitative estimate of drug-likeness (QED) is 0.769. The standard InChI is InChI=1S/C15H18F2N2O2/c16-9-1-2-10(13(17)3-9)11-4-12(11)15(21)19-6-8-5-18-7-14(8)20/h1-3,8,11-12,14,18,20H,4-7H2,(H,19,21). The molecule has 6 heteroatoms. The lowest BCUT2D eigenvalue weighted by Crippen LogP contribution is -2.35. The van der Waals surface area contributed by atoms with Gasteiger partial charge in [-0.15, -0.1) is 0 Å². The molecule has 2 fully saturated rings. The first-order chi connectivity index (χ1) is 10.1. The molecule has 2 aliphatic rings. The Labute approximate surface area is 121 Å². The van der Waals surface area contributed by atoms with Crippen molar-refractivity contribution in [1.82, 2.24) is 10.6 Å². The molecule has 1 aromatic carbocycles. The van der Waals surface area contributed by atoms with Crippen molar-refractivity contribution in [2.24, 2.45) is 11.8 Å². The van der Waals surface area contributed by atoms with Gasteiger partial charge in [0.05, 0.1) is 6.10 Å². The van der Waals surface area contributed by atoms with Crippen molar-refractivity contribution in [3.8, 4) is 0 Å². The number of aliphatic hydroxyl groups excluding tert-OH is 1. The molecule has 1 saturated carbocycles. The van der Waals surface area contributed by atoms with Gasteiger partial charge in [0.15, 0.2) is 0 Å². The third-order valence-corrected chi connectivity index (χ3v) is 4.33. The van der Waals surface area contributed by atoms with Crippen molar-refractivity contribution < 1.29 is 18.7 Å². The molecule has 3 N–H and O–H groups in total. The molecular weight excluding hydrogens is 278 g/mol. The van der Waals surface area contributed by atoms with E-state index in [4.69, 9.17) is 0 Å². The first-order valence-electron chi connectivity index (χ1n) is 7.17. The van der Waals surface area contributed by atoms with Gasteiger partial charge in [0, 0.05) is 37.5 Å². The molecule has 1 aliphatic carbocycles. The van der Waals surface area contributed by atoms with Crippen LogP contribution in [-0.4, -0.2) is 36.8 Å². The van der Waals surface area contributed by atoms with Crippen LogP contribution in [0.4, 0.5) is 8.78 Å². The Morgan fingerprint density at radius 2 is 2.19 bits per heavy atom. The Balaban J connectivity index is 1.53. The minimum absolute atomic E-state index is 0.0220. The van der Waals surface area contributed by atoms with Crippen LogP contribution in [0.1, 0.15) is 17.9 Å². The Hall–Kier alpha value is -1.53. The average molecular weight is 296 g/mol. The van der Waals surface area contributed by atoms with E-state index in [1.807, 2.05) is 0 Å². The van der Waals surface area contributed by atoms with E-state index in [-0.39, 0.29) is 23.7 Å². The van der Waals surface area contributed by atoms with Gasteiger partial charge in [0.1, 0.15) is 11.6 Å². The summed E-state index contributed by atoms with van der Waals surface area (Å²) in [6, 6.07) is 3.47. The maximum Gasteiger partial charge on any atom is 0.223 e. The minimum Gasteiger partial charge on any atom is -0.391 e. The molecule has 0 spiro atoms. The lowest BCUT2D eigenvalue weighted by molar-refractivity contribution is -0.122. The van der Waals surface area contributed by atoms with Crippen LogP contribution in [0.2, 0.25) is 0 Å². The Morgan fingerprint density at radius 1 is 1.38 bits per heavy atom. The molecule has 3 rings (SSSR count). The fraction of sp³-hybridized carbons (Fsp3) is 0.533. The molecule has 21 heavy (non-hydrogen) atoms. The van der Waals surface area contributed by atoms with Gasteiger partial charge < -0.3 is 15.7 Å². The van der Waals surface area contributed by atoms with Crippen molar-refractivity contribution in [1.29, 1.82) is 0 Å². The summed E-state index contributed by atoms with van der Waals surface area (Å²) in [4.78, 5) is 12.0. The van der Waals surface area contributed by atoms with Crippen molar-refractivity contribution in [3.63, 3.8) is 0 Å². The van der Waals surface area contributed by atoms with Gasteiger partial charge in [-0.25, -0.2) is 8.78 Å². The lowest BCUT2D eigenvalue weighted by Gasteiger charge is -2.14. The van der Waals surface area contributed by atoms with Gasteiger partial charge in [0.2, 0.25) is 5.91 Å². The lowest BCUT2D eigenvalue weighted by atomic mass is 10.1. The van der Waals surface area contributed by atoms with Crippen molar-refractivity contribution in [3.05, 3.63) is 35.4 Å². The average Bonchev–Trinajstić information content (AvgIpc) is 3.12. The van der Waals surface area contributed by atoms with Gasteiger partial charge in [-0.05, 0) is 24.0 Å².